The minimum Gasteiger partial charge on any atom is -0.496 e. The molecule has 21 heavy (non-hydrogen) atoms. The van der Waals surface area contributed by atoms with E-state index in [1.165, 1.54) is 0 Å². The number of likely N-dealkylation sites (tertiary alicyclic amines) is 1. The summed E-state index contributed by atoms with van der Waals surface area (Å²) in [4.78, 5) is 14.5. The molecule has 0 radical (unpaired) electrons. The fourth-order valence-corrected chi connectivity index (χ4v) is 3.23. The molecule has 2 N–H and O–H groups in total. The smallest absolute Gasteiger partial charge is 0.227 e. The highest BCUT2D eigenvalue weighted by molar-refractivity contribution is 9.10. The normalized spacial score (nSPS) is 20.2. The Morgan fingerprint density at radius 2 is 2.33 bits per heavy atom. The lowest BCUT2D eigenvalue weighted by Gasteiger charge is -2.34. The molecule has 2 rings (SSSR count). The van der Waals surface area contributed by atoms with E-state index in [4.69, 9.17) is 10.5 Å². The van der Waals surface area contributed by atoms with Gasteiger partial charge in [0.2, 0.25) is 5.91 Å². The molecule has 1 aliphatic rings. The summed E-state index contributed by atoms with van der Waals surface area (Å²) in [5.74, 6) is 1.32. The Balaban J connectivity index is 2.06. The van der Waals surface area contributed by atoms with Gasteiger partial charge >= 0.3 is 0 Å². The second kappa shape index (κ2) is 7.27. The van der Waals surface area contributed by atoms with Gasteiger partial charge in [-0.25, -0.2) is 0 Å². The largest absolute Gasteiger partial charge is 0.496 e. The third kappa shape index (κ3) is 4.20. The predicted molar refractivity (Wildman–Crippen MR) is 87.4 cm³/mol. The lowest BCUT2D eigenvalue weighted by molar-refractivity contribution is -0.132. The van der Waals surface area contributed by atoms with Crippen molar-refractivity contribution in [3.8, 4) is 5.75 Å². The maximum atomic E-state index is 12.5. The number of ether oxygens (including phenoxy) is 1. The summed E-state index contributed by atoms with van der Waals surface area (Å²) in [6.07, 6.45) is 2.52. The summed E-state index contributed by atoms with van der Waals surface area (Å²) >= 11 is 3.44. The fourth-order valence-electron chi connectivity index (χ4n) is 2.83. The zero-order valence-corrected chi connectivity index (χ0v) is 14.2. The highest BCUT2D eigenvalue weighted by atomic mass is 79.9. The van der Waals surface area contributed by atoms with Crippen LogP contribution in [0, 0.1) is 5.92 Å². The van der Waals surface area contributed by atoms with Gasteiger partial charge < -0.3 is 15.4 Å². The van der Waals surface area contributed by atoms with Gasteiger partial charge in [-0.3, -0.25) is 4.79 Å². The third-order valence-electron chi connectivity index (χ3n) is 4.14. The van der Waals surface area contributed by atoms with Gasteiger partial charge in [-0.2, -0.15) is 0 Å². The Bertz CT molecular complexity index is 505. The van der Waals surface area contributed by atoms with Crippen LogP contribution in [-0.2, 0) is 11.2 Å². The van der Waals surface area contributed by atoms with Crippen molar-refractivity contribution in [1.29, 1.82) is 0 Å². The molecule has 1 amide bonds. The van der Waals surface area contributed by atoms with Crippen LogP contribution < -0.4 is 10.5 Å². The summed E-state index contributed by atoms with van der Waals surface area (Å²) < 4.78 is 6.29. The summed E-state index contributed by atoms with van der Waals surface area (Å²) in [6, 6.07) is 5.89. The van der Waals surface area contributed by atoms with E-state index in [9.17, 15) is 4.79 Å². The van der Waals surface area contributed by atoms with Crippen molar-refractivity contribution in [2.45, 2.75) is 32.2 Å². The van der Waals surface area contributed by atoms with Crippen LogP contribution in [0.15, 0.2) is 22.7 Å². The van der Waals surface area contributed by atoms with Crippen LogP contribution in [0.25, 0.3) is 0 Å². The molecule has 1 fully saturated rings. The monoisotopic (exact) mass is 354 g/mol. The molecule has 0 saturated carbocycles. The molecule has 1 aromatic rings. The number of piperidine rings is 1. The van der Waals surface area contributed by atoms with E-state index in [0.29, 0.717) is 12.3 Å². The van der Waals surface area contributed by atoms with Crippen LogP contribution in [0.3, 0.4) is 0 Å². The van der Waals surface area contributed by atoms with Gasteiger partial charge in [-0.1, -0.05) is 15.9 Å². The van der Waals surface area contributed by atoms with Crippen LogP contribution >= 0.6 is 15.9 Å². The van der Waals surface area contributed by atoms with Crippen molar-refractivity contribution < 1.29 is 9.53 Å². The summed E-state index contributed by atoms with van der Waals surface area (Å²) in [5.41, 5.74) is 6.90. The van der Waals surface area contributed by atoms with E-state index in [2.05, 4.69) is 15.9 Å². The highest BCUT2D eigenvalue weighted by Crippen LogP contribution is 2.25. The number of halogens is 1. The number of hydrogen-bond acceptors (Lipinski definition) is 3. The SMILES string of the molecule is COc1ccc(Br)cc1CC(=O)N1CCC[C@@H]([C@H](C)N)C1. The Labute approximate surface area is 134 Å². The molecule has 4 nitrogen and oxygen atoms in total. The van der Waals surface area contributed by atoms with Crippen LogP contribution in [0.5, 0.6) is 5.75 Å². The number of carbonyl (C=O) groups excluding carboxylic acids is 1. The lowest BCUT2D eigenvalue weighted by atomic mass is 9.92. The first kappa shape index (κ1) is 16.3. The molecule has 5 heteroatoms. The molecule has 0 aromatic heterocycles. The van der Waals surface area contributed by atoms with E-state index in [1.807, 2.05) is 30.0 Å². The van der Waals surface area contributed by atoms with Crippen LogP contribution in [0.1, 0.15) is 25.3 Å². The molecular formula is C16H23BrN2O2. The Hall–Kier alpha value is -1.07. The van der Waals surface area contributed by atoms with Crippen molar-refractivity contribution in [2.24, 2.45) is 11.7 Å². The van der Waals surface area contributed by atoms with Gasteiger partial charge in [0.15, 0.2) is 0 Å². The van der Waals surface area contributed by atoms with Crippen molar-refractivity contribution in [1.82, 2.24) is 4.90 Å². The van der Waals surface area contributed by atoms with Crippen LogP contribution in [0.2, 0.25) is 0 Å². The van der Waals surface area contributed by atoms with E-state index in [1.54, 1.807) is 7.11 Å². The summed E-state index contributed by atoms with van der Waals surface area (Å²) in [7, 11) is 1.63. The molecule has 1 heterocycles. The van der Waals surface area contributed by atoms with E-state index in [-0.39, 0.29) is 11.9 Å². The topological polar surface area (TPSA) is 55.6 Å². The van der Waals surface area contributed by atoms with E-state index < -0.39 is 0 Å². The van der Waals surface area contributed by atoms with E-state index in [0.717, 1.165) is 41.7 Å². The van der Waals surface area contributed by atoms with Crippen molar-refractivity contribution >= 4 is 21.8 Å². The van der Waals surface area contributed by atoms with Crippen molar-refractivity contribution in [2.75, 3.05) is 20.2 Å². The number of nitrogens with zero attached hydrogens (tertiary/aromatic N) is 1. The van der Waals surface area contributed by atoms with E-state index >= 15 is 0 Å². The summed E-state index contributed by atoms with van der Waals surface area (Å²) in [5, 5.41) is 0. The molecule has 0 spiro atoms. The second-order valence-electron chi connectivity index (χ2n) is 5.73. The molecule has 1 aromatic carbocycles. The second-order valence-corrected chi connectivity index (χ2v) is 6.65. The Kier molecular flexibility index (Phi) is 5.65. The maximum Gasteiger partial charge on any atom is 0.227 e. The number of carbonyl (C=O) groups is 1. The molecule has 1 aliphatic heterocycles. The molecule has 0 aliphatic carbocycles. The van der Waals surface area contributed by atoms with Gasteiger partial charge in [0, 0.05) is 29.2 Å². The van der Waals surface area contributed by atoms with Gasteiger partial charge in [-0.15, -0.1) is 0 Å². The van der Waals surface area contributed by atoms with Gasteiger partial charge in [0.05, 0.1) is 13.5 Å². The van der Waals surface area contributed by atoms with Gasteiger partial charge in [-0.05, 0) is 43.9 Å². The minimum atomic E-state index is 0.140. The number of amides is 1. The molecule has 116 valence electrons. The molecule has 2 atom stereocenters. The number of methoxy groups -OCH3 is 1. The average Bonchev–Trinajstić information content (AvgIpc) is 2.47. The first-order valence-electron chi connectivity index (χ1n) is 7.37. The zero-order valence-electron chi connectivity index (χ0n) is 12.6. The summed E-state index contributed by atoms with van der Waals surface area (Å²) in [6.45, 7) is 3.63. The molecule has 1 saturated heterocycles. The fraction of sp³-hybridized carbons (Fsp3) is 0.562. The quantitative estimate of drug-likeness (QED) is 0.903. The third-order valence-corrected chi connectivity index (χ3v) is 4.63. The standard InChI is InChI=1S/C16H23BrN2O2/c1-11(18)12-4-3-7-19(10-12)16(20)9-13-8-14(17)5-6-15(13)21-2/h5-6,8,11-12H,3-4,7,9-10,18H2,1-2H3/t11-,12+/m0/s1. The number of rotatable bonds is 4. The number of benzene rings is 1. The first-order valence-corrected chi connectivity index (χ1v) is 8.16. The highest BCUT2D eigenvalue weighted by Gasteiger charge is 2.26. The predicted octanol–water partition coefficient (Wildman–Crippen LogP) is 2.59. The maximum absolute atomic E-state index is 12.5. The number of hydrogen-bond donors (Lipinski definition) is 1. The minimum absolute atomic E-state index is 0.140. The van der Waals surface area contributed by atoms with Crippen molar-refractivity contribution in [3.63, 3.8) is 0 Å². The number of nitrogens with two attached hydrogens (primary N) is 1. The Morgan fingerprint density at radius 3 is 3.00 bits per heavy atom. The lowest BCUT2D eigenvalue weighted by Crippen LogP contribution is -2.45. The molecular weight excluding hydrogens is 332 g/mol. The van der Waals surface area contributed by atoms with Crippen LogP contribution in [0.4, 0.5) is 0 Å². The van der Waals surface area contributed by atoms with Crippen LogP contribution in [-0.4, -0.2) is 37.0 Å². The van der Waals surface area contributed by atoms with Crippen molar-refractivity contribution in [3.05, 3.63) is 28.2 Å². The zero-order chi connectivity index (χ0) is 15.4. The molecule has 0 unspecified atom stereocenters. The van der Waals surface area contributed by atoms with Gasteiger partial charge in [0.1, 0.15) is 5.75 Å². The van der Waals surface area contributed by atoms with Gasteiger partial charge in [0.25, 0.3) is 0 Å². The first-order chi connectivity index (χ1) is 10.0. The molecule has 0 bridgehead atoms. The Morgan fingerprint density at radius 1 is 1.57 bits per heavy atom. The average molecular weight is 355 g/mol.